The van der Waals surface area contributed by atoms with Gasteiger partial charge in [0.25, 0.3) is 11.5 Å². The standard InChI is InChI=1S/C18H19N7O2S/c1-11-7-8-14(17(27)22-11)25(20)10-13(19)16(26)21-9-15-23-24-18(28-15)12-5-3-2-4-6-12/h2-8,10H,9,19-20H2,1H3,(H,21,26)(H,22,27)/b13-10-. The number of benzene rings is 1. The van der Waals surface area contributed by atoms with E-state index in [-0.39, 0.29) is 23.5 Å². The average Bonchev–Trinajstić information content (AvgIpc) is 3.15. The number of carbonyl (C=O) groups excluding carboxylic acids is 1. The molecule has 0 radical (unpaired) electrons. The van der Waals surface area contributed by atoms with Crippen molar-refractivity contribution in [3.63, 3.8) is 0 Å². The van der Waals surface area contributed by atoms with Gasteiger partial charge in [-0.2, -0.15) is 0 Å². The Kier molecular flexibility index (Phi) is 5.82. The molecule has 9 nitrogen and oxygen atoms in total. The maximum atomic E-state index is 12.2. The maximum Gasteiger partial charge on any atom is 0.273 e. The van der Waals surface area contributed by atoms with Crippen LogP contribution >= 0.6 is 11.3 Å². The summed E-state index contributed by atoms with van der Waals surface area (Å²) >= 11 is 1.38. The molecule has 0 saturated heterocycles. The molecule has 0 aliphatic carbocycles. The second-order valence-corrected chi connectivity index (χ2v) is 6.96. The van der Waals surface area contributed by atoms with Crippen LogP contribution in [0.4, 0.5) is 5.69 Å². The Balaban J connectivity index is 1.62. The summed E-state index contributed by atoms with van der Waals surface area (Å²) in [5.41, 5.74) is 7.08. The van der Waals surface area contributed by atoms with Crippen LogP contribution in [0.3, 0.4) is 0 Å². The van der Waals surface area contributed by atoms with E-state index < -0.39 is 5.91 Å². The van der Waals surface area contributed by atoms with Crippen LogP contribution in [0, 0.1) is 6.92 Å². The molecule has 2 aromatic heterocycles. The fourth-order valence-electron chi connectivity index (χ4n) is 2.33. The van der Waals surface area contributed by atoms with E-state index in [1.54, 1.807) is 19.1 Å². The molecule has 1 aromatic carbocycles. The minimum Gasteiger partial charge on any atom is -0.393 e. The van der Waals surface area contributed by atoms with Crippen molar-refractivity contribution in [1.82, 2.24) is 20.5 Å². The van der Waals surface area contributed by atoms with E-state index in [0.717, 1.165) is 15.6 Å². The summed E-state index contributed by atoms with van der Waals surface area (Å²) in [6.07, 6.45) is 1.19. The van der Waals surface area contributed by atoms with Crippen LogP contribution in [0.2, 0.25) is 0 Å². The summed E-state index contributed by atoms with van der Waals surface area (Å²) in [5, 5.41) is 13.2. The number of aromatic amines is 1. The molecule has 2 heterocycles. The summed E-state index contributed by atoms with van der Waals surface area (Å²) in [6.45, 7) is 1.92. The number of anilines is 1. The van der Waals surface area contributed by atoms with Gasteiger partial charge < -0.3 is 16.0 Å². The average molecular weight is 397 g/mol. The van der Waals surface area contributed by atoms with Crippen LogP contribution in [0.25, 0.3) is 10.6 Å². The summed E-state index contributed by atoms with van der Waals surface area (Å²) < 4.78 is 0. The first kappa shape index (κ1) is 19.3. The molecule has 3 rings (SSSR count). The number of hydrogen-bond donors (Lipinski definition) is 4. The highest BCUT2D eigenvalue weighted by molar-refractivity contribution is 7.14. The molecule has 0 atom stereocenters. The summed E-state index contributed by atoms with van der Waals surface area (Å²) in [5.74, 6) is 5.28. The Morgan fingerprint density at radius 3 is 2.71 bits per heavy atom. The predicted molar refractivity (Wildman–Crippen MR) is 108 cm³/mol. The normalized spacial score (nSPS) is 11.3. The fourth-order valence-corrected chi connectivity index (χ4v) is 3.11. The van der Waals surface area contributed by atoms with Crippen molar-refractivity contribution in [1.29, 1.82) is 0 Å². The second-order valence-electron chi connectivity index (χ2n) is 5.90. The third-order valence-electron chi connectivity index (χ3n) is 3.74. The third kappa shape index (κ3) is 4.61. The lowest BCUT2D eigenvalue weighted by Crippen LogP contribution is -2.35. The number of rotatable bonds is 6. The number of nitrogens with two attached hydrogens (primary N) is 2. The fraction of sp³-hybridized carbons (Fsp3) is 0.111. The van der Waals surface area contributed by atoms with E-state index in [1.807, 2.05) is 30.3 Å². The van der Waals surface area contributed by atoms with Gasteiger partial charge in [0, 0.05) is 11.3 Å². The second kappa shape index (κ2) is 8.46. The zero-order chi connectivity index (χ0) is 20.1. The molecule has 28 heavy (non-hydrogen) atoms. The molecule has 10 heteroatoms. The number of hydrogen-bond acceptors (Lipinski definition) is 8. The van der Waals surface area contributed by atoms with Crippen molar-refractivity contribution in [2.24, 2.45) is 11.6 Å². The molecular weight excluding hydrogens is 378 g/mol. The molecule has 0 bridgehead atoms. The Bertz CT molecular complexity index is 1060. The van der Waals surface area contributed by atoms with Crippen LogP contribution < -0.4 is 27.5 Å². The number of hydrazine groups is 1. The highest BCUT2D eigenvalue weighted by atomic mass is 32.1. The first-order valence-electron chi connectivity index (χ1n) is 8.31. The van der Waals surface area contributed by atoms with E-state index in [1.165, 1.54) is 17.5 Å². The number of aromatic nitrogens is 3. The number of carbonyl (C=O) groups is 1. The molecule has 0 unspecified atom stereocenters. The number of aryl methyl sites for hydroxylation is 1. The maximum absolute atomic E-state index is 12.2. The lowest BCUT2D eigenvalue weighted by Gasteiger charge is -2.14. The molecule has 0 aliphatic rings. The summed E-state index contributed by atoms with van der Waals surface area (Å²) in [7, 11) is 0. The Morgan fingerprint density at radius 2 is 2.00 bits per heavy atom. The first-order chi connectivity index (χ1) is 13.4. The van der Waals surface area contributed by atoms with Crippen LogP contribution in [0.5, 0.6) is 0 Å². The molecular formula is C18H19N7O2S. The van der Waals surface area contributed by atoms with Crippen LogP contribution in [0.15, 0.2) is 59.2 Å². The van der Waals surface area contributed by atoms with Crippen molar-refractivity contribution in [2.75, 3.05) is 5.01 Å². The molecule has 3 aromatic rings. The Hall–Kier alpha value is -3.50. The highest BCUT2D eigenvalue weighted by Crippen LogP contribution is 2.22. The quantitative estimate of drug-likeness (QED) is 0.276. The predicted octanol–water partition coefficient (Wildman–Crippen LogP) is 0.998. The van der Waals surface area contributed by atoms with Gasteiger partial charge in [0.1, 0.15) is 21.4 Å². The number of amides is 1. The topological polar surface area (TPSA) is 143 Å². The van der Waals surface area contributed by atoms with E-state index in [9.17, 15) is 9.59 Å². The zero-order valence-electron chi connectivity index (χ0n) is 15.0. The van der Waals surface area contributed by atoms with Crippen LogP contribution in [-0.2, 0) is 11.3 Å². The smallest absolute Gasteiger partial charge is 0.273 e. The van der Waals surface area contributed by atoms with Gasteiger partial charge in [-0.15, -0.1) is 10.2 Å². The van der Waals surface area contributed by atoms with Gasteiger partial charge in [-0.3, -0.25) is 14.6 Å². The van der Waals surface area contributed by atoms with E-state index in [2.05, 4.69) is 20.5 Å². The summed E-state index contributed by atoms with van der Waals surface area (Å²) in [6, 6.07) is 12.9. The number of H-pyrrole nitrogens is 1. The lowest BCUT2D eigenvalue weighted by atomic mass is 10.2. The molecule has 0 aliphatic heterocycles. The van der Waals surface area contributed by atoms with Crippen molar-refractivity contribution in [3.05, 3.63) is 75.4 Å². The zero-order valence-corrected chi connectivity index (χ0v) is 15.9. The van der Waals surface area contributed by atoms with Gasteiger partial charge in [0.15, 0.2) is 0 Å². The molecule has 0 fully saturated rings. The van der Waals surface area contributed by atoms with Crippen molar-refractivity contribution in [2.45, 2.75) is 13.5 Å². The third-order valence-corrected chi connectivity index (χ3v) is 4.71. The molecule has 0 spiro atoms. The van der Waals surface area contributed by atoms with Gasteiger partial charge in [0.2, 0.25) is 0 Å². The van der Waals surface area contributed by atoms with Crippen molar-refractivity contribution in [3.8, 4) is 10.6 Å². The number of nitrogens with zero attached hydrogens (tertiary/aromatic N) is 3. The van der Waals surface area contributed by atoms with Gasteiger partial charge >= 0.3 is 0 Å². The van der Waals surface area contributed by atoms with Crippen molar-refractivity contribution >= 4 is 22.9 Å². The van der Waals surface area contributed by atoms with Crippen LogP contribution in [-0.4, -0.2) is 21.1 Å². The minimum atomic E-state index is -0.532. The van der Waals surface area contributed by atoms with Gasteiger partial charge in [0.05, 0.1) is 12.7 Å². The monoisotopic (exact) mass is 397 g/mol. The van der Waals surface area contributed by atoms with Gasteiger partial charge in [-0.1, -0.05) is 41.7 Å². The van der Waals surface area contributed by atoms with Crippen LogP contribution in [0.1, 0.15) is 10.7 Å². The van der Waals surface area contributed by atoms with E-state index in [0.29, 0.717) is 10.7 Å². The van der Waals surface area contributed by atoms with Gasteiger partial charge in [-0.25, -0.2) is 5.84 Å². The first-order valence-corrected chi connectivity index (χ1v) is 9.13. The number of nitrogens with one attached hydrogen (secondary N) is 2. The number of pyridine rings is 1. The molecule has 144 valence electrons. The van der Waals surface area contributed by atoms with E-state index in [4.69, 9.17) is 11.6 Å². The van der Waals surface area contributed by atoms with Crippen molar-refractivity contribution < 1.29 is 4.79 Å². The van der Waals surface area contributed by atoms with Gasteiger partial charge in [-0.05, 0) is 19.1 Å². The largest absolute Gasteiger partial charge is 0.393 e. The summed E-state index contributed by atoms with van der Waals surface area (Å²) in [4.78, 5) is 26.7. The molecule has 6 N–H and O–H groups in total. The van der Waals surface area contributed by atoms with E-state index >= 15 is 0 Å². The highest BCUT2D eigenvalue weighted by Gasteiger charge is 2.12. The SMILES string of the molecule is Cc1ccc(N(N)/C=C(\N)C(=O)NCc2nnc(-c3ccccc3)s2)c(=O)[nH]1. The molecule has 0 saturated carbocycles. The molecule has 1 amide bonds. The Morgan fingerprint density at radius 1 is 1.25 bits per heavy atom. The Labute approximate surface area is 164 Å². The minimum absolute atomic E-state index is 0.143. The lowest BCUT2D eigenvalue weighted by molar-refractivity contribution is -0.117.